The molecule has 0 aromatic carbocycles. The molecule has 1 aliphatic rings. The molecule has 0 fully saturated rings. The highest BCUT2D eigenvalue weighted by molar-refractivity contribution is 5.76. The van der Waals surface area contributed by atoms with Crippen LogP contribution in [-0.2, 0) is 9.53 Å². The molecule has 0 bridgehead atoms. The summed E-state index contributed by atoms with van der Waals surface area (Å²) >= 11 is 0. The average molecular weight is 141 g/mol. The molecular weight excluding hydrogens is 134 g/mol. The molecule has 0 radical (unpaired) electrons. The second-order valence-corrected chi connectivity index (χ2v) is 1.85. The van der Waals surface area contributed by atoms with Gasteiger partial charge in [-0.1, -0.05) is 0 Å². The summed E-state index contributed by atoms with van der Waals surface area (Å²) in [6.07, 6.45) is 3.34. The van der Waals surface area contributed by atoms with Crippen molar-refractivity contribution in [3.05, 3.63) is 24.1 Å². The van der Waals surface area contributed by atoms with Gasteiger partial charge in [-0.15, -0.1) is 0 Å². The number of hydrogen-bond donors (Lipinski definition) is 2. The molecule has 0 amide bonds. The molecule has 3 N–H and O–H groups in total. The first-order chi connectivity index (χ1) is 4.72. The van der Waals surface area contributed by atoms with E-state index in [1.165, 1.54) is 12.3 Å². The van der Waals surface area contributed by atoms with Gasteiger partial charge >= 0.3 is 5.97 Å². The van der Waals surface area contributed by atoms with Gasteiger partial charge in [0.2, 0.25) is 6.10 Å². The van der Waals surface area contributed by atoms with Crippen LogP contribution in [0.3, 0.4) is 0 Å². The summed E-state index contributed by atoms with van der Waals surface area (Å²) in [6.45, 7) is 0. The predicted octanol–water partition coefficient (Wildman–Crippen LogP) is -0.174. The summed E-state index contributed by atoms with van der Waals surface area (Å²) in [7, 11) is 0. The van der Waals surface area contributed by atoms with Crippen LogP contribution in [0.15, 0.2) is 24.1 Å². The van der Waals surface area contributed by atoms with Crippen LogP contribution < -0.4 is 5.73 Å². The average Bonchev–Trinajstić information content (AvgIpc) is 1.88. The largest absolute Gasteiger partial charge is 0.480 e. The predicted molar refractivity (Wildman–Crippen MR) is 33.9 cm³/mol. The summed E-state index contributed by atoms with van der Waals surface area (Å²) in [5.74, 6) is -1.07. The van der Waals surface area contributed by atoms with Crippen LogP contribution in [0.1, 0.15) is 0 Å². The maximum absolute atomic E-state index is 10.3. The normalized spacial score (nSPS) is 23.2. The number of ether oxygens (including phenoxy) is 1. The monoisotopic (exact) mass is 141 g/mol. The van der Waals surface area contributed by atoms with Crippen molar-refractivity contribution in [3.63, 3.8) is 0 Å². The van der Waals surface area contributed by atoms with Gasteiger partial charge in [0.05, 0.1) is 12.0 Å². The lowest BCUT2D eigenvalue weighted by Crippen LogP contribution is -2.29. The molecule has 1 rings (SSSR count). The Hall–Kier alpha value is -1.45. The Kier molecular flexibility index (Phi) is 1.62. The van der Waals surface area contributed by atoms with E-state index in [2.05, 4.69) is 4.74 Å². The Bertz CT molecular complexity index is 207. The number of carbonyl (C=O) groups is 1. The van der Waals surface area contributed by atoms with Crippen LogP contribution in [0.2, 0.25) is 0 Å². The SMILES string of the molecule is NC1=CC=COC1C(=O)O. The first kappa shape index (κ1) is 6.67. The Balaban J connectivity index is 2.73. The molecule has 1 unspecified atom stereocenters. The van der Waals surface area contributed by atoms with Gasteiger partial charge in [-0.05, 0) is 12.2 Å². The van der Waals surface area contributed by atoms with E-state index in [-0.39, 0.29) is 5.70 Å². The number of nitrogens with two attached hydrogens (primary N) is 1. The Labute approximate surface area is 57.6 Å². The molecule has 0 spiro atoms. The number of rotatable bonds is 1. The van der Waals surface area contributed by atoms with Crippen molar-refractivity contribution in [2.45, 2.75) is 6.10 Å². The molecule has 54 valence electrons. The maximum atomic E-state index is 10.3. The summed E-state index contributed by atoms with van der Waals surface area (Å²) in [5, 5.41) is 8.43. The lowest BCUT2D eigenvalue weighted by molar-refractivity contribution is -0.145. The highest BCUT2D eigenvalue weighted by Gasteiger charge is 2.21. The third-order valence-electron chi connectivity index (χ3n) is 1.11. The molecule has 4 heteroatoms. The first-order valence-corrected chi connectivity index (χ1v) is 2.72. The van der Waals surface area contributed by atoms with Gasteiger partial charge in [0.15, 0.2) is 0 Å². The Morgan fingerprint density at radius 2 is 2.50 bits per heavy atom. The minimum atomic E-state index is -1.07. The second-order valence-electron chi connectivity index (χ2n) is 1.85. The highest BCUT2D eigenvalue weighted by atomic mass is 16.5. The molecule has 0 aromatic heterocycles. The minimum absolute atomic E-state index is 0.218. The number of aliphatic carboxylic acids is 1. The fourth-order valence-electron chi connectivity index (χ4n) is 0.641. The molecule has 10 heavy (non-hydrogen) atoms. The van der Waals surface area contributed by atoms with Crippen molar-refractivity contribution >= 4 is 5.97 Å². The first-order valence-electron chi connectivity index (χ1n) is 2.72. The molecule has 0 aliphatic carbocycles. The van der Waals surface area contributed by atoms with Gasteiger partial charge in [0.25, 0.3) is 0 Å². The molecular formula is C6H7NO3. The van der Waals surface area contributed by atoms with Crippen LogP contribution >= 0.6 is 0 Å². The number of allylic oxidation sites excluding steroid dienone is 2. The molecule has 0 aromatic rings. The highest BCUT2D eigenvalue weighted by Crippen LogP contribution is 2.06. The van der Waals surface area contributed by atoms with Gasteiger partial charge in [0, 0.05) is 0 Å². The van der Waals surface area contributed by atoms with Gasteiger partial charge in [-0.25, -0.2) is 4.79 Å². The molecule has 4 nitrogen and oxygen atoms in total. The quantitative estimate of drug-likeness (QED) is 0.531. The van der Waals surface area contributed by atoms with Gasteiger partial charge in [-0.3, -0.25) is 0 Å². The second kappa shape index (κ2) is 2.43. The van der Waals surface area contributed by atoms with Crippen LogP contribution in [0.4, 0.5) is 0 Å². The fraction of sp³-hybridized carbons (Fsp3) is 0.167. The van der Waals surface area contributed by atoms with Crippen LogP contribution in [0, 0.1) is 0 Å². The third-order valence-corrected chi connectivity index (χ3v) is 1.11. The van der Waals surface area contributed by atoms with Crippen molar-refractivity contribution in [2.75, 3.05) is 0 Å². The van der Waals surface area contributed by atoms with E-state index in [9.17, 15) is 4.79 Å². The topological polar surface area (TPSA) is 72.5 Å². The van der Waals surface area contributed by atoms with E-state index >= 15 is 0 Å². The molecule has 0 saturated heterocycles. The molecule has 0 saturated carbocycles. The van der Waals surface area contributed by atoms with Crippen LogP contribution in [0.5, 0.6) is 0 Å². The van der Waals surface area contributed by atoms with Crippen LogP contribution in [-0.4, -0.2) is 17.2 Å². The van der Waals surface area contributed by atoms with E-state index in [0.29, 0.717) is 0 Å². The number of carboxylic acid groups (broad SMARTS) is 1. The molecule has 1 aliphatic heterocycles. The van der Waals surface area contributed by atoms with E-state index in [1.807, 2.05) is 0 Å². The van der Waals surface area contributed by atoms with Crippen molar-refractivity contribution in [1.82, 2.24) is 0 Å². The van der Waals surface area contributed by atoms with Gasteiger partial charge in [0.1, 0.15) is 0 Å². The van der Waals surface area contributed by atoms with Gasteiger partial charge < -0.3 is 15.6 Å². The summed E-state index contributed by atoms with van der Waals surface area (Å²) in [6, 6.07) is 0. The standard InChI is InChI=1S/C6H7NO3/c7-4-2-1-3-10-5(4)6(8)9/h1-3,5H,7H2,(H,8,9). The van der Waals surface area contributed by atoms with E-state index in [4.69, 9.17) is 10.8 Å². The van der Waals surface area contributed by atoms with Crippen molar-refractivity contribution in [2.24, 2.45) is 5.73 Å². The summed E-state index contributed by atoms with van der Waals surface area (Å²) in [4.78, 5) is 10.3. The number of carboxylic acids is 1. The van der Waals surface area contributed by atoms with Crippen LogP contribution in [0.25, 0.3) is 0 Å². The Morgan fingerprint density at radius 1 is 1.80 bits per heavy atom. The van der Waals surface area contributed by atoms with Crippen molar-refractivity contribution in [3.8, 4) is 0 Å². The molecule has 1 heterocycles. The summed E-state index contributed by atoms with van der Waals surface area (Å²) in [5.41, 5.74) is 5.50. The van der Waals surface area contributed by atoms with Gasteiger partial charge in [-0.2, -0.15) is 0 Å². The zero-order chi connectivity index (χ0) is 7.56. The third kappa shape index (κ3) is 1.10. The lowest BCUT2D eigenvalue weighted by Gasteiger charge is -2.14. The molecule has 1 atom stereocenters. The Morgan fingerprint density at radius 3 is 2.90 bits per heavy atom. The van der Waals surface area contributed by atoms with E-state index in [0.717, 1.165) is 0 Å². The lowest BCUT2D eigenvalue weighted by atomic mass is 10.2. The summed E-state index contributed by atoms with van der Waals surface area (Å²) < 4.78 is 4.68. The smallest absolute Gasteiger partial charge is 0.351 e. The minimum Gasteiger partial charge on any atom is -0.480 e. The zero-order valence-electron chi connectivity index (χ0n) is 5.15. The zero-order valence-corrected chi connectivity index (χ0v) is 5.15. The van der Waals surface area contributed by atoms with Crippen molar-refractivity contribution in [1.29, 1.82) is 0 Å². The fourth-order valence-corrected chi connectivity index (χ4v) is 0.641. The number of hydrogen-bond acceptors (Lipinski definition) is 3. The van der Waals surface area contributed by atoms with Crippen molar-refractivity contribution < 1.29 is 14.6 Å². The van der Waals surface area contributed by atoms with E-state index in [1.54, 1.807) is 6.08 Å². The maximum Gasteiger partial charge on any atom is 0.351 e. The van der Waals surface area contributed by atoms with E-state index < -0.39 is 12.1 Å².